The molecular formula is C38H75NO2. The van der Waals surface area contributed by atoms with Crippen molar-refractivity contribution in [1.82, 2.24) is 0 Å². The Kier molecular flexibility index (Phi) is 33.2. The highest BCUT2D eigenvalue weighted by molar-refractivity contribution is 6.02. The van der Waals surface area contributed by atoms with Gasteiger partial charge < -0.3 is 5.73 Å². The normalized spacial score (nSPS) is 11.5. The highest BCUT2D eigenvalue weighted by Gasteiger charge is 2.23. The lowest BCUT2D eigenvalue weighted by atomic mass is 9.91. The highest BCUT2D eigenvalue weighted by Crippen LogP contribution is 2.17. The average Bonchev–Trinajstić information content (AvgIpc) is 2.97. The monoisotopic (exact) mass is 578 g/mol. The summed E-state index contributed by atoms with van der Waals surface area (Å²) in [7, 11) is 0. The smallest absolute Gasteiger partial charge is 0.144 e. The third-order valence-corrected chi connectivity index (χ3v) is 9.07. The standard InChI is InChI=1S/C38H75NO2/c1-3-5-7-9-11-13-15-17-19-21-23-25-27-29-31-33-37(40)36(35-39)38(41)34-32-30-28-26-24-22-20-18-16-14-12-10-8-6-4-2/h36H,3-35,39H2,1-2H3. The Morgan fingerprint density at radius 3 is 0.756 bits per heavy atom. The van der Waals surface area contributed by atoms with Crippen LogP contribution in [0.15, 0.2) is 0 Å². The van der Waals surface area contributed by atoms with Crippen LogP contribution in [0.5, 0.6) is 0 Å². The van der Waals surface area contributed by atoms with Crippen molar-refractivity contribution in [2.24, 2.45) is 11.7 Å². The first-order chi connectivity index (χ1) is 20.2. The van der Waals surface area contributed by atoms with Crippen molar-refractivity contribution >= 4 is 11.6 Å². The Hall–Kier alpha value is -0.700. The quantitative estimate of drug-likeness (QED) is 0.0602. The molecule has 0 aromatic rings. The summed E-state index contributed by atoms with van der Waals surface area (Å²) in [5.41, 5.74) is 5.84. The van der Waals surface area contributed by atoms with Gasteiger partial charge in [-0.3, -0.25) is 9.59 Å². The van der Waals surface area contributed by atoms with Crippen molar-refractivity contribution in [3.63, 3.8) is 0 Å². The lowest BCUT2D eigenvalue weighted by molar-refractivity contribution is -0.132. The lowest BCUT2D eigenvalue weighted by Gasteiger charge is -2.12. The molecule has 0 rings (SSSR count). The Balaban J connectivity index is 3.53. The molecule has 244 valence electrons. The van der Waals surface area contributed by atoms with Crippen LogP contribution in [-0.2, 0) is 9.59 Å². The molecule has 0 aliphatic rings. The van der Waals surface area contributed by atoms with Crippen LogP contribution in [0.4, 0.5) is 0 Å². The minimum absolute atomic E-state index is 0.0909. The third kappa shape index (κ3) is 29.2. The molecule has 0 fully saturated rings. The zero-order valence-corrected chi connectivity index (χ0v) is 28.3. The molecule has 0 aliphatic heterocycles. The van der Waals surface area contributed by atoms with Gasteiger partial charge in [-0.1, -0.05) is 194 Å². The van der Waals surface area contributed by atoms with E-state index in [2.05, 4.69) is 13.8 Å². The number of nitrogens with two attached hydrogens (primary N) is 1. The molecule has 41 heavy (non-hydrogen) atoms. The summed E-state index contributed by atoms with van der Waals surface area (Å²) in [6, 6.07) is 0. The number of unbranched alkanes of at least 4 members (excludes halogenated alkanes) is 28. The number of Topliss-reactive ketones (excluding diaryl/α,β-unsaturated/α-hetero) is 2. The van der Waals surface area contributed by atoms with E-state index in [4.69, 9.17) is 5.73 Å². The first-order valence-corrected chi connectivity index (χ1v) is 18.9. The lowest BCUT2D eigenvalue weighted by Crippen LogP contribution is -2.31. The summed E-state index contributed by atoms with van der Waals surface area (Å²) in [6.07, 6.45) is 40.7. The second kappa shape index (κ2) is 33.8. The van der Waals surface area contributed by atoms with Crippen molar-refractivity contribution in [3.8, 4) is 0 Å². The fourth-order valence-electron chi connectivity index (χ4n) is 6.13. The maximum Gasteiger partial charge on any atom is 0.144 e. The number of carbonyl (C=O) groups is 2. The van der Waals surface area contributed by atoms with Gasteiger partial charge in [0.2, 0.25) is 0 Å². The van der Waals surface area contributed by atoms with E-state index in [0.29, 0.717) is 12.8 Å². The summed E-state index contributed by atoms with van der Waals surface area (Å²) < 4.78 is 0. The molecule has 0 aromatic carbocycles. The van der Waals surface area contributed by atoms with Crippen LogP contribution in [0.1, 0.15) is 219 Å². The molecule has 0 aromatic heterocycles. The average molecular weight is 578 g/mol. The number of ketones is 2. The Morgan fingerprint density at radius 1 is 0.366 bits per heavy atom. The molecule has 0 aliphatic carbocycles. The zero-order chi connectivity index (χ0) is 30.1. The van der Waals surface area contributed by atoms with Crippen LogP contribution in [0.3, 0.4) is 0 Å². The molecule has 0 amide bonds. The minimum atomic E-state index is -0.548. The Labute approximate surface area is 258 Å². The summed E-state index contributed by atoms with van der Waals surface area (Å²) in [5.74, 6) is -0.366. The van der Waals surface area contributed by atoms with Crippen molar-refractivity contribution in [1.29, 1.82) is 0 Å². The van der Waals surface area contributed by atoms with Gasteiger partial charge in [0.25, 0.3) is 0 Å². The molecule has 0 saturated heterocycles. The van der Waals surface area contributed by atoms with E-state index in [1.807, 2.05) is 0 Å². The Morgan fingerprint density at radius 2 is 0.561 bits per heavy atom. The van der Waals surface area contributed by atoms with Gasteiger partial charge in [-0.2, -0.15) is 0 Å². The van der Waals surface area contributed by atoms with Crippen LogP contribution < -0.4 is 5.73 Å². The van der Waals surface area contributed by atoms with Crippen LogP contribution in [0, 0.1) is 5.92 Å². The summed E-state index contributed by atoms with van der Waals surface area (Å²) >= 11 is 0. The van der Waals surface area contributed by atoms with Gasteiger partial charge in [0.1, 0.15) is 11.6 Å². The number of hydrogen-bond acceptors (Lipinski definition) is 3. The largest absolute Gasteiger partial charge is 0.329 e. The van der Waals surface area contributed by atoms with Crippen molar-refractivity contribution in [2.45, 2.75) is 219 Å². The highest BCUT2D eigenvalue weighted by atomic mass is 16.1. The molecule has 0 bridgehead atoms. The molecule has 0 radical (unpaired) electrons. The Bertz CT molecular complexity index is 500. The van der Waals surface area contributed by atoms with E-state index < -0.39 is 5.92 Å². The van der Waals surface area contributed by atoms with Gasteiger partial charge in [-0.15, -0.1) is 0 Å². The SMILES string of the molecule is CCCCCCCCCCCCCCCCCC(=O)C(CN)C(=O)CCCCCCCCCCCCCCCCC. The zero-order valence-electron chi connectivity index (χ0n) is 28.3. The van der Waals surface area contributed by atoms with E-state index in [1.165, 1.54) is 167 Å². The predicted octanol–water partition coefficient (Wildman–Crippen LogP) is 12.2. The van der Waals surface area contributed by atoms with E-state index in [-0.39, 0.29) is 18.1 Å². The third-order valence-electron chi connectivity index (χ3n) is 9.07. The van der Waals surface area contributed by atoms with Crippen molar-refractivity contribution in [2.75, 3.05) is 6.54 Å². The molecule has 3 nitrogen and oxygen atoms in total. The number of rotatable bonds is 35. The first kappa shape index (κ1) is 40.3. The fourth-order valence-corrected chi connectivity index (χ4v) is 6.13. The molecule has 0 atom stereocenters. The molecular weight excluding hydrogens is 502 g/mol. The second-order valence-corrected chi connectivity index (χ2v) is 13.1. The van der Waals surface area contributed by atoms with E-state index in [0.717, 1.165) is 25.7 Å². The molecule has 0 saturated carbocycles. The molecule has 2 N–H and O–H groups in total. The van der Waals surface area contributed by atoms with Gasteiger partial charge >= 0.3 is 0 Å². The van der Waals surface area contributed by atoms with Gasteiger partial charge in [0.15, 0.2) is 0 Å². The first-order valence-electron chi connectivity index (χ1n) is 18.9. The fraction of sp³-hybridized carbons (Fsp3) is 0.947. The maximum absolute atomic E-state index is 12.6. The summed E-state index contributed by atoms with van der Waals surface area (Å²) in [4.78, 5) is 25.2. The summed E-state index contributed by atoms with van der Waals surface area (Å²) in [6.45, 7) is 4.75. The number of hydrogen-bond donors (Lipinski definition) is 1. The van der Waals surface area contributed by atoms with Gasteiger partial charge in [-0.25, -0.2) is 0 Å². The molecule has 3 heteroatoms. The second-order valence-electron chi connectivity index (χ2n) is 13.1. The van der Waals surface area contributed by atoms with E-state index in [1.54, 1.807) is 0 Å². The van der Waals surface area contributed by atoms with Crippen LogP contribution in [0.25, 0.3) is 0 Å². The van der Waals surface area contributed by atoms with Crippen molar-refractivity contribution < 1.29 is 9.59 Å². The maximum atomic E-state index is 12.6. The molecule has 0 unspecified atom stereocenters. The van der Waals surface area contributed by atoms with Crippen molar-refractivity contribution in [3.05, 3.63) is 0 Å². The molecule has 0 spiro atoms. The van der Waals surface area contributed by atoms with E-state index in [9.17, 15) is 9.59 Å². The number of carbonyl (C=O) groups excluding carboxylic acids is 2. The molecule has 0 heterocycles. The predicted molar refractivity (Wildman–Crippen MR) is 182 cm³/mol. The van der Waals surface area contributed by atoms with Gasteiger partial charge in [-0.05, 0) is 12.8 Å². The van der Waals surface area contributed by atoms with E-state index >= 15 is 0 Å². The van der Waals surface area contributed by atoms with Crippen LogP contribution >= 0.6 is 0 Å². The summed E-state index contributed by atoms with van der Waals surface area (Å²) in [5, 5.41) is 0. The topological polar surface area (TPSA) is 60.2 Å². The van der Waals surface area contributed by atoms with Gasteiger partial charge in [0, 0.05) is 19.4 Å². The van der Waals surface area contributed by atoms with Crippen LogP contribution in [-0.4, -0.2) is 18.1 Å². The van der Waals surface area contributed by atoms with Gasteiger partial charge in [0.05, 0.1) is 5.92 Å². The van der Waals surface area contributed by atoms with Crippen LogP contribution in [0.2, 0.25) is 0 Å². The minimum Gasteiger partial charge on any atom is -0.329 e.